The van der Waals surface area contributed by atoms with E-state index < -0.39 is 0 Å². The molecule has 1 saturated carbocycles. The predicted molar refractivity (Wildman–Crippen MR) is 66.1 cm³/mol. The summed E-state index contributed by atoms with van der Waals surface area (Å²) in [4.78, 5) is 7.93. The highest BCUT2D eigenvalue weighted by molar-refractivity contribution is 5.50. The lowest BCUT2D eigenvalue weighted by Crippen LogP contribution is -2.22. The van der Waals surface area contributed by atoms with E-state index in [4.69, 9.17) is 11.6 Å². The molecule has 0 saturated heterocycles. The molecule has 1 aliphatic rings. The van der Waals surface area contributed by atoms with Crippen molar-refractivity contribution in [1.82, 2.24) is 9.97 Å². The van der Waals surface area contributed by atoms with Gasteiger partial charge in [0.05, 0.1) is 6.10 Å². The van der Waals surface area contributed by atoms with Gasteiger partial charge in [-0.15, -0.1) is 0 Å². The van der Waals surface area contributed by atoms with Gasteiger partial charge in [0, 0.05) is 18.5 Å². The minimum Gasteiger partial charge on any atom is -0.393 e. The summed E-state index contributed by atoms with van der Waals surface area (Å²) < 4.78 is 0. The third kappa shape index (κ3) is 2.95. The van der Waals surface area contributed by atoms with E-state index in [2.05, 4.69) is 20.7 Å². The van der Waals surface area contributed by atoms with Gasteiger partial charge in [0.15, 0.2) is 0 Å². The number of hydrogen-bond acceptors (Lipinski definition) is 7. The summed E-state index contributed by atoms with van der Waals surface area (Å²) in [6, 6.07) is 1.68. The molecule has 0 aliphatic heterocycles. The van der Waals surface area contributed by atoms with Crippen LogP contribution in [-0.2, 0) is 0 Å². The number of nitrogen functional groups attached to an aromatic ring is 2. The zero-order chi connectivity index (χ0) is 12.3. The summed E-state index contributed by atoms with van der Waals surface area (Å²) in [6.45, 7) is 0.682. The Morgan fingerprint density at radius 3 is 2.76 bits per heavy atom. The van der Waals surface area contributed by atoms with Crippen LogP contribution in [0.1, 0.15) is 19.3 Å². The molecular weight excluding hydrogens is 220 g/mol. The van der Waals surface area contributed by atoms with Crippen LogP contribution in [0.15, 0.2) is 6.07 Å². The van der Waals surface area contributed by atoms with Crippen LogP contribution < -0.4 is 22.3 Å². The maximum absolute atomic E-state index is 9.69. The van der Waals surface area contributed by atoms with Gasteiger partial charge in [-0.1, -0.05) is 6.42 Å². The fraction of sp³-hybridized carbons (Fsp3) is 0.600. The predicted octanol–water partition coefficient (Wildman–Crippen LogP) is -0.0827. The zero-order valence-corrected chi connectivity index (χ0v) is 9.56. The van der Waals surface area contributed by atoms with Gasteiger partial charge in [-0.2, -0.15) is 9.97 Å². The van der Waals surface area contributed by atoms with E-state index in [1.54, 1.807) is 6.07 Å². The smallest absolute Gasteiger partial charge is 0.223 e. The molecular formula is C10H18N6O. The van der Waals surface area contributed by atoms with Crippen molar-refractivity contribution >= 4 is 17.6 Å². The number of nitrogens with two attached hydrogens (primary N) is 2. The van der Waals surface area contributed by atoms with Gasteiger partial charge in [-0.05, 0) is 12.8 Å². The molecule has 1 aliphatic carbocycles. The zero-order valence-electron chi connectivity index (χ0n) is 9.56. The Morgan fingerprint density at radius 2 is 2.12 bits per heavy atom. The van der Waals surface area contributed by atoms with Crippen LogP contribution in [-0.4, -0.2) is 27.7 Å². The number of aliphatic hydroxyl groups excluding tert-OH is 1. The van der Waals surface area contributed by atoms with E-state index in [0.717, 1.165) is 19.3 Å². The minimum absolute atomic E-state index is 0.162. The van der Waals surface area contributed by atoms with Crippen LogP contribution in [0.5, 0.6) is 0 Å². The number of hydrazine groups is 1. The summed E-state index contributed by atoms with van der Waals surface area (Å²) >= 11 is 0. The van der Waals surface area contributed by atoms with Crippen LogP contribution in [0.3, 0.4) is 0 Å². The lowest BCUT2D eigenvalue weighted by atomic mass is 10.1. The monoisotopic (exact) mass is 238 g/mol. The molecule has 2 rings (SSSR count). The molecule has 1 aromatic rings. The number of aromatic nitrogens is 2. The SMILES string of the molecule is NNc1cc(NCC2CCCC2O)nc(N)n1. The Bertz CT molecular complexity index is 385. The third-order valence-electron chi connectivity index (χ3n) is 3.06. The molecule has 7 heteroatoms. The first-order chi connectivity index (χ1) is 8.19. The highest BCUT2D eigenvalue weighted by Gasteiger charge is 2.24. The molecule has 7 nitrogen and oxygen atoms in total. The summed E-state index contributed by atoms with van der Waals surface area (Å²) in [5.41, 5.74) is 7.96. The maximum Gasteiger partial charge on any atom is 0.223 e. The summed E-state index contributed by atoms with van der Waals surface area (Å²) in [6.07, 6.45) is 2.79. The molecule has 1 aromatic heterocycles. The van der Waals surface area contributed by atoms with Gasteiger partial charge in [0.1, 0.15) is 11.6 Å². The van der Waals surface area contributed by atoms with Crippen LogP contribution in [0, 0.1) is 5.92 Å². The normalized spacial score (nSPS) is 23.6. The number of nitrogens with one attached hydrogen (secondary N) is 2. The molecule has 1 heterocycles. The number of hydrogen-bond donors (Lipinski definition) is 5. The molecule has 2 unspecified atom stereocenters. The van der Waals surface area contributed by atoms with Crippen molar-refractivity contribution in [3.05, 3.63) is 6.07 Å². The molecule has 0 amide bonds. The fourth-order valence-electron chi connectivity index (χ4n) is 2.12. The van der Waals surface area contributed by atoms with E-state index in [1.807, 2.05) is 0 Å². The average molecular weight is 238 g/mol. The fourth-order valence-corrected chi connectivity index (χ4v) is 2.12. The second-order valence-electron chi connectivity index (χ2n) is 4.28. The van der Waals surface area contributed by atoms with Gasteiger partial charge in [-0.25, -0.2) is 5.84 Å². The lowest BCUT2D eigenvalue weighted by molar-refractivity contribution is 0.138. The summed E-state index contributed by atoms with van der Waals surface area (Å²) in [5, 5.41) is 12.8. The van der Waals surface area contributed by atoms with E-state index in [9.17, 15) is 5.11 Å². The molecule has 0 radical (unpaired) electrons. The molecule has 94 valence electrons. The number of rotatable bonds is 4. The molecule has 17 heavy (non-hydrogen) atoms. The Balaban J connectivity index is 1.96. The Hall–Kier alpha value is -1.60. The first-order valence-corrected chi connectivity index (χ1v) is 5.72. The number of aliphatic hydroxyl groups is 1. The van der Waals surface area contributed by atoms with E-state index in [0.29, 0.717) is 18.2 Å². The van der Waals surface area contributed by atoms with Gasteiger partial charge >= 0.3 is 0 Å². The van der Waals surface area contributed by atoms with Gasteiger partial charge in [-0.3, -0.25) is 0 Å². The topological polar surface area (TPSA) is 122 Å². The summed E-state index contributed by atoms with van der Waals surface area (Å²) in [5.74, 6) is 6.78. The Labute approximate surface area is 99.6 Å². The second-order valence-corrected chi connectivity index (χ2v) is 4.28. The molecule has 2 atom stereocenters. The first kappa shape index (κ1) is 11.9. The van der Waals surface area contributed by atoms with E-state index >= 15 is 0 Å². The van der Waals surface area contributed by atoms with Crippen molar-refractivity contribution in [1.29, 1.82) is 0 Å². The van der Waals surface area contributed by atoms with Crippen molar-refractivity contribution < 1.29 is 5.11 Å². The van der Waals surface area contributed by atoms with E-state index in [-0.39, 0.29) is 18.0 Å². The van der Waals surface area contributed by atoms with Crippen LogP contribution in [0.25, 0.3) is 0 Å². The van der Waals surface area contributed by atoms with Crippen molar-refractivity contribution in [3.63, 3.8) is 0 Å². The highest BCUT2D eigenvalue weighted by atomic mass is 16.3. The molecule has 0 aromatic carbocycles. The molecule has 7 N–H and O–H groups in total. The standard InChI is InChI=1S/C10H18N6O/c11-10-14-8(4-9(15-10)16-12)13-5-6-2-1-3-7(6)17/h4,6-7,17H,1-3,5,12H2,(H4,11,13,14,15,16). The number of anilines is 3. The van der Waals surface area contributed by atoms with Gasteiger partial charge < -0.3 is 21.6 Å². The maximum atomic E-state index is 9.69. The van der Waals surface area contributed by atoms with Gasteiger partial charge in [0.25, 0.3) is 0 Å². The summed E-state index contributed by atoms with van der Waals surface area (Å²) in [7, 11) is 0. The van der Waals surface area contributed by atoms with Crippen molar-refractivity contribution in [2.24, 2.45) is 11.8 Å². The third-order valence-corrected chi connectivity index (χ3v) is 3.06. The van der Waals surface area contributed by atoms with Crippen molar-refractivity contribution in [2.45, 2.75) is 25.4 Å². The van der Waals surface area contributed by atoms with E-state index in [1.165, 1.54) is 0 Å². The van der Waals surface area contributed by atoms with Crippen molar-refractivity contribution in [3.8, 4) is 0 Å². The highest BCUT2D eigenvalue weighted by Crippen LogP contribution is 2.25. The first-order valence-electron chi connectivity index (χ1n) is 5.72. The lowest BCUT2D eigenvalue weighted by Gasteiger charge is -2.15. The molecule has 1 fully saturated rings. The molecule has 0 spiro atoms. The Morgan fingerprint density at radius 1 is 1.35 bits per heavy atom. The Kier molecular flexibility index (Phi) is 3.60. The van der Waals surface area contributed by atoms with Gasteiger partial charge in [0.2, 0.25) is 5.95 Å². The largest absolute Gasteiger partial charge is 0.393 e. The second kappa shape index (κ2) is 5.15. The number of nitrogens with zero attached hydrogens (tertiary/aromatic N) is 2. The van der Waals surface area contributed by atoms with Crippen LogP contribution in [0.4, 0.5) is 17.6 Å². The average Bonchev–Trinajstić information content (AvgIpc) is 2.71. The van der Waals surface area contributed by atoms with Crippen molar-refractivity contribution in [2.75, 3.05) is 23.0 Å². The van der Waals surface area contributed by atoms with Crippen LogP contribution >= 0.6 is 0 Å². The quantitative estimate of drug-likeness (QED) is 0.367. The van der Waals surface area contributed by atoms with Crippen LogP contribution in [0.2, 0.25) is 0 Å². The molecule has 0 bridgehead atoms. The minimum atomic E-state index is -0.214.